The molecule has 4 heteroatoms. The van der Waals surface area contributed by atoms with E-state index in [4.69, 9.17) is 14.2 Å². The highest BCUT2D eigenvalue weighted by Gasteiger charge is 2.26. The van der Waals surface area contributed by atoms with Crippen LogP contribution in [0, 0.1) is 0 Å². The molecule has 18 heavy (non-hydrogen) atoms. The molecule has 1 aromatic rings. The van der Waals surface area contributed by atoms with E-state index in [9.17, 15) is 0 Å². The van der Waals surface area contributed by atoms with Crippen molar-refractivity contribution in [1.82, 2.24) is 0 Å². The van der Waals surface area contributed by atoms with Gasteiger partial charge in [-0.25, -0.2) is 0 Å². The maximum absolute atomic E-state index is 5.63. The maximum atomic E-state index is 5.63. The number of morpholine rings is 1. The molecule has 0 spiro atoms. The first-order valence-electron chi connectivity index (χ1n) is 6.55. The number of hydrogen-bond acceptors (Lipinski definition) is 3. The highest BCUT2D eigenvalue weighted by atomic mass is 16.6. The minimum Gasteiger partial charge on any atom is -0.486 e. The Hall–Kier alpha value is -1.26. The number of ether oxygens (including phenoxy) is 3. The smallest absolute Gasteiger partial charge is 0.161 e. The van der Waals surface area contributed by atoms with Crippen LogP contribution in [0.4, 0.5) is 0 Å². The van der Waals surface area contributed by atoms with Gasteiger partial charge in [-0.1, -0.05) is 0 Å². The molecule has 1 saturated heterocycles. The minimum absolute atomic E-state index is 0.649. The van der Waals surface area contributed by atoms with Crippen LogP contribution < -0.4 is 9.47 Å². The molecule has 0 atom stereocenters. The highest BCUT2D eigenvalue weighted by Crippen LogP contribution is 2.31. The van der Waals surface area contributed by atoms with Crippen LogP contribution in [-0.4, -0.2) is 51.0 Å². The fourth-order valence-corrected chi connectivity index (χ4v) is 2.57. The lowest BCUT2D eigenvalue weighted by Gasteiger charge is -2.37. The van der Waals surface area contributed by atoms with Gasteiger partial charge in [-0.15, -0.1) is 0 Å². The molecule has 0 aliphatic carbocycles. The molecule has 0 N–H and O–H groups in total. The van der Waals surface area contributed by atoms with Crippen molar-refractivity contribution < 1.29 is 18.7 Å². The van der Waals surface area contributed by atoms with Crippen LogP contribution in [0.3, 0.4) is 0 Å². The number of rotatable bonds is 2. The lowest BCUT2D eigenvalue weighted by atomic mass is 10.1. The fraction of sp³-hybridized carbons (Fsp3) is 0.571. The Labute approximate surface area is 108 Å². The molecule has 0 radical (unpaired) electrons. The van der Waals surface area contributed by atoms with Crippen molar-refractivity contribution in [2.75, 3.05) is 46.6 Å². The number of benzene rings is 1. The molecule has 1 fully saturated rings. The summed E-state index contributed by atoms with van der Waals surface area (Å²) < 4.78 is 17.6. The van der Waals surface area contributed by atoms with Crippen LogP contribution in [0.2, 0.25) is 0 Å². The first-order valence-corrected chi connectivity index (χ1v) is 6.55. The summed E-state index contributed by atoms with van der Waals surface area (Å²) >= 11 is 0. The van der Waals surface area contributed by atoms with Gasteiger partial charge in [0.2, 0.25) is 0 Å². The summed E-state index contributed by atoms with van der Waals surface area (Å²) in [7, 11) is 2.29. The Balaban J connectivity index is 1.76. The molecule has 2 heterocycles. The van der Waals surface area contributed by atoms with Gasteiger partial charge in [0.1, 0.15) is 32.8 Å². The fourth-order valence-electron chi connectivity index (χ4n) is 2.57. The molecule has 1 aromatic carbocycles. The first-order chi connectivity index (χ1) is 8.75. The van der Waals surface area contributed by atoms with Crippen molar-refractivity contribution in [2.45, 2.75) is 6.54 Å². The van der Waals surface area contributed by atoms with Crippen molar-refractivity contribution in [1.29, 1.82) is 0 Å². The van der Waals surface area contributed by atoms with Gasteiger partial charge in [-0.3, -0.25) is 0 Å². The summed E-state index contributed by atoms with van der Waals surface area (Å²) in [5.41, 5.74) is 1.31. The van der Waals surface area contributed by atoms with Gasteiger partial charge in [0.15, 0.2) is 11.5 Å². The Morgan fingerprint density at radius 2 is 1.72 bits per heavy atom. The third kappa shape index (κ3) is 2.44. The molecule has 0 bridgehead atoms. The molecule has 3 rings (SSSR count). The summed E-state index contributed by atoms with van der Waals surface area (Å²) in [6.45, 7) is 6.21. The predicted octanol–water partition coefficient (Wildman–Crippen LogP) is 1.43. The number of fused-ring (bicyclic) bond motifs is 1. The average molecular weight is 250 g/mol. The van der Waals surface area contributed by atoms with E-state index in [0.29, 0.717) is 13.2 Å². The molecule has 4 nitrogen and oxygen atoms in total. The lowest BCUT2D eigenvalue weighted by molar-refractivity contribution is -0.929. The summed E-state index contributed by atoms with van der Waals surface area (Å²) in [6, 6.07) is 6.29. The number of likely N-dealkylation sites (N-methyl/N-ethyl adjacent to an activating group) is 1. The second kappa shape index (κ2) is 4.78. The maximum Gasteiger partial charge on any atom is 0.161 e. The molecule has 0 aromatic heterocycles. The lowest BCUT2D eigenvalue weighted by Crippen LogP contribution is -2.51. The van der Waals surface area contributed by atoms with E-state index >= 15 is 0 Å². The molecule has 2 aliphatic rings. The van der Waals surface area contributed by atoms with Crippen molar-refractivity contribution in [2.24, 2.45) is 0 Å². The summed E-state index contributed by atoms with van der Waals surface area (Å²) in [5.74, 6) is 1.76. The summed E-state index contributed by atoms with van der Waals surface area (Å²) in [6.07, 6.45) is 0. The van der Waals surface area contributed by atoms with Gasteiger partial charge in [0, 0.05) is 5.56 Å². The largest absolute Gasteiger partial charge is 0.486 e. The van der Waals surface area contributed by atoms with Crippen LogP contribution in [0.1, 0.15) is 5.56 Å². The second-order valence-corrected chi connectivity index (χ2v) is 5.32. The standard InChI is InChI=1S/C14H20NO3/c1-15(4-6-16-7-5-15)11-12-2-3-13-14(10-12)18-9-8-17-13/h2-3,10H,4-9,11H2,1H3/q+1. The minimum atomic E-state index is 0.649. The topological polar surface area (TPSA) is 27.7 Å². The molecular weight excluding hydrogens is 230 g/mol. The van der Waals surface area contributed by atoms with Gasteiger partial charge in [0.05, 0.1) is 20.3 Å². The molecule has 0 unspecified atom stereocenters. The van der Waals surface area contributed by atoms with E-state index < -0.39 is 0 Å². The Morgan fingerprint density at radius 1 is 1.00 bits per heavy atom. The zero-order chi connectivity index (χ0) is 12.4. The quantitative estimate of drug-likeness (QED) is 0.743. The van der Waals surface area contributed by atoms with Crippen molar-refractivity contribution in [3.8, 4) is 11.5 Å². The van der Waals surface area contributed by atoms with E-state index in [1.165, 1.54) is 5.56 Å². The van der Waals surface area contributed by atoms with E-state index in [1.54, 1.807) is 0 Å². The third-order valence-corrected chi connectivity index (χ3v) is 3.72. The van der Waals surface area contributed by atoms with Crippen LogP contribution in [0.15, 0.2) is 18.2 Å². The zero-order valence-electron chi connectivity index (χ0n) is 10.9. The Bertz CT molecular complexity index is 427. The number of quaternary nitrogens is 1. The van der Waals surface area contributed by atoms with Crippen LogP contribution in [-0.2, 0) is 11.3 Å². The molecule has 0 saturated carbocycles. The van der Waals surface area contributed by atoms with Gasteiger partial charge in [-0.2, -0.15) is 0 Å². The summed E-state index contributed by atoms with van der Waals surface area (Å²) in [4.78, 5) is 0. The van der Waals surface area contributed by atoms with Crippen LogP contribution >= 0.6 is 0 Å². The second-order valence-electron chi connectivity index (χ2n) is 5.32. The number of hydrogen-bond donors (Lipinski definition) is 0. The van der Waals surface area contributed by atoms with Crippen LogP contribution in [0.25, 0.3) is 0 Å². The monoisotopic (exact) mass is 250 g/mol. The van der Waals surface area contributed by atoms with Crippen molar-refractivity contribution >= 4 is 0 Å². The molecule has 0 amide bonds. The molecular formula is C14H20NO3+. The van der Waals surface area contributed by atoms with E-state index in [1.807, 2.05) is 6.07 Å². The van der Waals surface area contributed by atoms with Gasteiger partial charge >= 0.3 is 0 Å². The predicted molar refractivity (Wildman–Crippen MR) is 67.9 cm³/mol. The first kappa shape index (κ1) is 11.8. The Morgan fingerprint density at radius 3 is 2.50 bits per heavy atom. The van der Waals surface area contributed by atoms with E-state index in [0.717, 1.165) is 48.8 Å². The van der Waals surface area contributed by atoms with Crippen LogP contribution in [0.5, 0.6) is 11.5 Å². The van der Waals surface area contributed by atoms with E-state index in [2.05, 4.69) is 19.2 Å². The van der Waals surface area contributed by atoms with Gasteiger partial charge in [-0.05, 0) is 18.2 Å². The summed E-state index contributed by atoms with van der Waals surface area (Å²) in [5, 5.41) is 0. The highest BCUT2D eigenvalue weighted by molar-refractivity contribution is 5.43. The number of nitrogens with zero attached hydrogens (tertiary/aromatic N) is 1. The third-order valence-electron chi connectivity index (χ3n) is 3.72. The van der Waals surface area contributed by atoms with Gasteiger partial charge in [0.25, 0.3) is 0 Å². The molecule has 98 valence electrons. The van der Waals surface area contributed by atoms with Crippen molar-refractivity contribution in [3.05, 3.63) is 23.8 Å². The van der Waals surface area contributed by atoms with Gasteiger partial charge < -0.3 is 18.7 Å². The normalized spacial score (nSPS) is 21.6. The van der Waals surface area contributed by atoms with Crippen molar-refractivity contribution in [3.63, 3.8) is 0 Å². The van der Waals surface area contributed by atoms with E-state index in [-0.39, 0.29) is 0 Å². The SMILES string of the molecule is C[N+]1(Cc2ccc3c(c2)OCCO3)CCOCC1. The Kier molecular flexibility index (Phi) is 3.14. The average Bonchev–Trinajstić information content (AvgIpc) is 2.39. The zero-order valence-corrected chi connectivity index (χ0v) is 10.9. The molecule has 2 aliphatic heterocycles.